The van der Waals surface area contributed by atoms with Crippen LogP contribution in [0.1, 0.15) is 15.9 Å². The highest BCUT2D eigenvalue weighted by molar-refractivity contribution is 6.32. The van der Waals surface area contributed by atoms with Crippen LogP contribution in [0.4, 0.5) is 4.39 Å². The van der Waals surface area contributed by atoms with E-state index < -0.39 is 5.82 Å². The van der Waals surface area contributed by atoms with Crippen LogP contribution < -0.4 is 4.74 Å². The molecule has 0 saturated heterocycles. The van der Waals surface area contributed by atoms with E-state index >= 15 is 0 Å². The van der Waals surface area contributed by atoms with Gasteiger partial charge in [0.05, 0.1) is 5.02 Å². The molecule has 98 valence electrons. The Morgan fingerprint density at radius 2 is 1.95 bits per heavy atom. The Kier molecular flexibility index (Phi) is 4.17. The van der Waals surface area contributed by atoms with Gasteiger partial charge in [0, 0.05) is 5.56 Å². The van der Waals surface area contributed by atoms with Crippen LogP contribution in [-0.4, -0.2) is 12.4 Å². The number of carbonyl (C=O) groups excluding carboxylic acids is 1. The van der Waals surface area contributed by atoms with E-state index in [2.05, 4.69) is 0 Å². The Labute approximate surface area is 115 Å². The van der Waals surface area contributed by atoms with Crippen molar-refractivity contribution >= 4 is 17.4 Å². The topological polar surface area (TPSA) is 26.3 Å². The number of benzene rings is 2. The Morgan fingerprint density at radius 3 is 2.63 bits per heavy atom. The van der Waals surface area contributed by atoms with Crippen LogP contribution in [-0.2, 0) is 0 Å². The summed E-state index contributed by atoms with van der Waals surface area (Å²) in [6.07, 6.45) is 0. The Hall–Kier alpha value is -1.87. The van der Waals surface area contributed by atoms with Crippen molar-refractivity contribution in [3.63, 3.8) is 0 Å². The smallest absolute Gasteiger partial charge is 0.200 e. The lowest BCUT2D eigenvalue weighted by Gasteiger charge is -2.09. The number of Topliss-reactive ketones (excluding diaryl/α,β-unsaturated/α-hetero) is 1. The van der Waals surface area contributed by atoms with Crippen molar-refractivity contribution < 1.29 is 13.9 Å². The maximum Gasteiger partial charge on any atom is 0.200 e. The summed E-state index contributed by atoms with van der Waals surface area (Å²) in [6, 6.07) is 11.4. The lowest BCUT2D eigenvalue weighted by Crippen LogP contribution is -2.13. The predicted molar refractivity (Wildman–Crippen MR) is 72.4 cm³/mol. The first-order valence-corrected chi connectivity index (χ1v) is 6.13. The van der Waals surface area contributed by atoms with Gasteiger partial charge in [-0.25, -0.2) is 4.39 Å². The van der Waals surface area contributed by atoms with Crippen molar-refractivity contribution in [1.29, 1.82) is 0 Å². The zero-order valence-corrected chi connectivity index (χ0v) is 11.1. The molecule has 0 aliphatic rings. The molecule has 2 nitrogen and oxygen atoms in total. The Bertz CT molecular complexity index is 591. The molecular weight excluding hydrogens is 267 g/mol. The molecule has 0 aliphatic carbocycles. The van der Waals surface area contributed by atoms with Gasteiger partial charge in [0.25, 0.3) is 0 Å². The largest absolute Gasteiger partial charge is 0.481 e. The minimum atomic E-state index is -0.579. The molecule has 0 unspecified atom stereocenters. The van der Waals surface area contributed by atoms with Gasteiger partial charge in [-0.1, -0.05) is 41.9 Å². The van der Waals surface area contributed by atoms with Crippen LogP contribution in [0.3, 0.4) is 0 Å². The molecule has 2 aromatic rings. The molecule has 0 aromatic heterocycles. The quantitative estimate of drug-likeness (QED) is 0.789. The molecular formula is C15H12ClFO2. The fourth-order valence-electron chi connectivity index (χ4n) is 1.72. The zero-order chi connectivity index (χ0) is 13.8. The molecule has 2 aromatic carbocycles. The summed E-state index contributed by atoms with van der Waals surface area (Å²) in [5.74, 6) is -0.881. The summed E-state index contributed by atoms with van der Waals surface area (Å²) >= 11 is 5.81. The second-order valence-electron chi connectivity index (χ2n) is 4.08. The lowest BCUT2D eigenvalue weighted by atomic mass is 10.1. The SMILES string of the molecule is Cc1ccccc1C(=O)COc1c(F)cccc1Cl. The van der Waals surface area contributed by atoms with E-state index in [4.69, 9.17) is 16.3 Å². The lowest BCUT2D eigenvalue weighted by molar-refractivity contribution is 0.0918. The molecule has 0 bridgehead atoms. The van der Waals surface area contributed by atoms with E-state index in [1.807, 2.05) is 19.1 Å². The van der Waals surface area contributed by atoms with Crippen molar-refractivity contribution in [3.05, 3.63) is 64.4 Å². The van der Waals surface area contributed by atoms with Crippen LogP contribution in [0.5, 0.6) is 5.75 Å². The van der Waals surface area contributed by atoms with Gasteiger partial charge in [-0.3, -0.25) is 4.79 Å². The number of ether oxygens (including phenoxy) is 1. The van der Waals surface area contributed by atoms with Gasteiger partial charge < -0.3 is 4.74 Å². The molecule has 0 fully saturated rings. The average molecular weight is 279 g/mol. The molecule has 0 amide bonds. The average Bonchev–Trinajstić information content (AvgIpc) is 2.38. The number of aryl methyl sites for hydroxylation is 1. The molecule has 19 heavy (non-hydrogen) atoms. The molecule has 4 heteroatoms. The van der Waals surface area contributed by atoms with E-state index in [-0.39, 0.29) is 23.2 Å². The molecule has 0 aliphatic heterocycles. The number of rotatable bonds is 4. The van der Waals surface area contributed by atoms with Crippen molar-refractivity contribution in [3.8, 4) is 5.75 Å². The van der Waals surface area contributed by atoms with Gasteiger partial charge in [0.1, 0.15) is 0 Å². The third-order valence-electron chi connectivity index (χ3n) is 2.71. The number of hydrogen-bond acceptors (Lipinski definition) is 2. The monoisotopic (exact) mass is 278 g/mol. The first-order valence-electron chi connectivity index (χ1n) is 5.75. The van der Waals surface area contributed by atoms with Gasteiger partial charge in [-0.2, -0.15) is 0 Å². The third-order valence-corrected chi connectivity index (χ3v) is 3.01. The highest BCUT2D eigenvalue weighted by Crippen LogP contribution is 2.27. The second kappa shape index (κ2) is 5.85. The fraction of sp³-hybridized carbons (Fsp3) is 0.133. The summed E-state index contributed by atoms with van der Waals surface area (Å²) in [5, 5.41) is 0.151. The molecule has 0 N–H and O–H groups in total. The molecule has 0 saturated carbocycles. The minimum absolute atomic E-state index is 0.0916. The summed E-state index contributed by atoms with van der Waals surface area (Å²) in [5.41, 5.74) is 1.42. The number of para-hydroxylation sites is 1. The van der Waals surface area contributed by atoms with Gasteiger partial charge >= 0.3 is 0 Å². The summed E-state index contributed by atoms with van der Waals surface area (Å²) in [6.45, 7) is 1.59. The van der Waals surface area contributed by atoms with Crippen LogP contribution in [0, 0.1) is 12.7 Å². The highest BCUT2D eigenvalue weighted by atomic mass is 35.5. The van der Waals surface area contributed by atoms with Crippen LogP contribution in [0.15, 0.2) is 42.5 Å². The molecule has 0 heterocycles. The summed E-state index contributed by atoms with van der Waals surface area (Å²) in [4.78, 5) is 12.0. The normalized spacial score (nSPS) is 10.3. The van der Waals surface area contributed by atoms with Crippen molar-refractivity contribution in [2.45, 2.75) is 6.92 Å². The maximum absolute atomic E-state index is 13.5. The standard InChI is InChI=1S/C15H12ClFO2/c1-10-5-2-3-6-11(10)14(18)9-19-15-12(16)7-4-8-13(15)17/h2-8H,9H2,1H3. The predicted octanol–water partition coefficient (Wildman–Crippen LogP) is 4.05. The highest BCUT2D eigenvalue weighted by Gasteiger charge is 2.13. The number of ketones is 1. The first-order chi connectivity index (χ1) is 9.09. The Balaban J connectivity index is 2.11. The number of halogens is 2. The van der Waals surface area contributed by atoms with E-state index in [1.54, 1.807) is 12.1 Å². The zero-order valence-electron chi connectivity index (χ0n) is 10.3. The van der Waals surface area contributed by atoms with Crippen LogP contribution >= 0.6 is 11.6 Å². The summed E-state index contributed by atoms with van der Waals surface area (Å²) in [7, 11) is 0. The van der Waals surface area contributed by atoms with Crippen molar-refractivity contribution in [2.75, 3.05) is 6.61 Å². The third kappa shape index (κ3) is 3.12. The molecule has 2 rings (SSSR count). The summed E-state index contributed by atoms with van der Waals surface area (Å²) < 4.78 is 18.6. The van der Waals surface area contributed by atoms with Gasteiger partial charge in [0.15, 0.2) is 24.0 Å². The minimum Gasteiger partial charge on any atom is -0.481 e. The maximum atomic E-state index is 13.5. The Morgan fingerprint density at radius 1 is 1.21 bits per heavy atom. The second-order valence-corrected chi connectivity index (χ2v) is 4.48. The van der Waals surface area contributed by atoms with Crippen LogP contribution in [0.25, 0.3) is 0 Å². The molecule has 0 atom stereocenters. The van der Waals surface area contributed by atoms with Crippen molar-refractivity contribution in [1.82, 2.24) is 0 Å². The number of carbonyl (C=O) groups is 1. The van der Waals surface area contributed by atoms with Crippen molar-refractivity contribution in [2.24, 2.45) is 0 Å². The first kappa shape index (κ1) is 13.6. The molecule has 0 radical (unpaired) electrons. The van der Waals surface area contributed by atoms with Gasteiger partial charge in [0.2, 0.25) is 0 Å². The van der Waals surface area contributed by atoms with E-state index in [9.17, 15) is 9.18 Å². The van der Waals surface area contributed by atoms with E-state index in [0.717, 1.165) is 5.56 Å². The number of hydrogen-bond donors (Lipinski definition) is 0. The van der Waals surface area contributed by atoms with Gasteiger partial charge in [-0.15, -0.1) is 0 Å². The fourth-order valence-corrected chi connectivity index (χ4v) is 1.94. The van der Waals surface area contributed by atoms with Gasteiger partial charge in [-0.05, 0) is 24.6 Å². The molecule has 0 spiro atoms. The van der Waals surface area contributed by atoms with E-state index in [0.29, 0.717) is 5.56 Å². The van der Waals surface area contributed by atoms with Crippen LogP contribution in [0.2, 0.25) is 5.02 Å². The van der Waals surface area contributed by atoms with E-state index in [1.165, 1.54) is 18.2 Å².